The van der Waals surface area contributed by atoms with Gasteiger partial charge in [0.15, 0.2) is 0 Å². The SMILES string of the molecule is CN1CCN(Cc2c(-c3ccc4c(c3)CCCC4)nc3ccc(N)cn23)CC1. The van der Waals surface area contributed by atoms with Gasteiger partial charge in [0.2, 0.25) is 0 Å². The largest absolute Gasteiger partial charge is 0.398 e. The Labute approximate surface area is 166 Å². The van der Waals surface area contributed by atoms with Crippen molar-refractivity contribution in [2.75, 3.05) is 39.0 Å². The highest BCUT2D eigenvalue weighted by molar-refractivity contribution is 5.68. The van der Waals surface area contributed by atoms with Crippen LogP contribution in [0, 0.1) is 0 Å². The van der Waals surface area contributed by atoms with E-state index in [9.17, 15) is 0 Å². The summed E-state index contributed by atoms with van der Waals surface area (Å²) < 4.78 is 2.20. The molecule has 0 bridgehead atoms. The van der Waals surface area contributed by atoms with Crippen molar-refractivity contribution in [3.63, 3.8) is 0 Å². The first kappa shape index (κ1) is 17.7. The fourth-order valence-corrected chi connectivity index (χ4v) is 4.59. The molecule has 1 aliphatic heterocycles. The molecule has 5 heteroatoms. The molecule has 0 unspecified atom stereocenters. The van der Waals surface area contributed by atoms with E-state index in [0.717, 1.165) is 49.8 Å². The van der Waals surface area contributed by atoms with Gasteiger partial charge >= 0.3 is 0 Å². The summed E-state index contributed by atoms with van der Waals surface area (Å²) >= 11 is 0. The van der Waals surface area contributed by atoms with Gasteiger partial charge in [0, 0.05) is 50.2 Å². The highest BCUT2D eigenvalue weighted by atomic mass is 15.3. The number of aromatic nitrogens is 2. The number of pyridine rings is 1. The van der Waals surface area contributed by atoms with Crippen LogP contribution >= 0.6 is 0 Å². The lowest BCUT2D eigenvalue weighted by molar-refractivity contribution is 0.147. The van der Waals surface area contributed by atoms with Crippen LogP contribution in [-0.4, -0.2) is 52.4 Å². The zero-order valence-electron chi connectivity index (χ0n) is 16.7. The van der Waals surface area contributed by atoms with Crippen molar-refractivity contribution in [2.45, 2.75) is 32.2 Å². The van der Waals surface area contributed by atoms with E-state index in [-0.39, 0.29) is 0 Å². The minimum absolute atomic E-state index is 0.779. The molecule has 0 amide bonds. The molecular formula is C23H29N5. The van der Waals surface area contributed by atoms with Gasteiger partial charge in [-0.05, 0) is 62.1 Å². The van der Waals surface area contributed by atoms with Gasteiger partial charge in [0.1, 0.15) is 5.65 Å². The van der Waals surface area contributed by atoms with Gasteiger partial charge in [-0.2, -0.15) is 0 Å². The van der Waals surface area contributed by atoms with E-state index in [0.29, 0.717) is 0 Å². The van der Waals surface area contributed by atoms with E-state index in [1.165, 1.54) is 48.1 Å². The number of nitrogens with zero attached hydrogens (tertiary/aromatic N) is 4. The zero-order chi connectivity index (χ0) is 19.1. The molecule has 3 aromatic rings. The first-order valence-corrected chi connectivity index (χ1v) is 10.5. The van der Waals surface area contributed by atoms with E-state index in [1.54, 1.807) is 0 Å². The molecule has 5 rings (SSSR count). The number of aryl methyl sites for hydroxylation is 2. The minimum Gasteiger partial charge on any atom is -0.398 e. The molecule has 1 fully saturated rings. The maximum atomic E-state index is 6.11. The predicted molar refractivity (Wildman–Crippen MR) is 114 cm³/mol. The van der Waals surface area contributed by atoms with E-state index in [4.69, 9.17) is 10.7 Å². The number of piperazine rings is 1. The molecule has 2 N–H and O–H groups in total. The molecule has 0 saturated carbocycles. The van der Waals surface area contributed by atoms with E-state index < -0.39 is 0 Å². The van der Waals surface area contributed by atoms with Gasteiger partial charge < -0.3 is 15.0 Å². The van der Waals surface area contributed by atoms with Crippen LogP contribution in [0.25, 0.3) is 16.9 Å². The van der Waals surface area contributed by atoms with Crippen molar-refractivity contribution in [3.05, 3.63) is 53.3 Å². The maximum absolute atomic E-state index is 6.11. The molecule has 0 spiro atoms. The molecule has 1 saturated heterocycles. The van der Waals surface area contributed by atoms with Crippen LogP contribution in [0.1, 0.15) is 29.7 Å². The van der Waals surface area contributed by atoms with Crippen molar-refractivity contribution in [2.24, 2.45) is 0 Å². The third kappa shape index (κ3) is 3.29. The second kappa shape index (κ2) is 7.22. The van der Waals surface area contributed by atoms with E-state index >= 15 is 0 Å². The maximum Gasteiger partial charge on any atom is 0.137 e. The van der Waals surface area contributed by atoms with Gasteiger partial charge in [0.05, 0.1) is 11.4 Å². The summed E-state index contributed by atoms with van der Waals surface area (Å²) in [7, 11) is 2.20. The Morgan fingerprint density at radius 2 is 1.75 bits per heavy atom. The van der Waals surface area contributed by atoms with Gasteiger partial charge in [-0.3, -0.25) is 4.90 Å². The second-order valence-corrected chi connectivity index (χ2v) is 8.37. The fourth-order valence-electron chi connectivity index (χ4n) is 4.59. The van der Waals surface area contributed by atoms with Gasteiger partial charge in [0.25, 0.3) is 0 Å². The number of rotatable bonds is 3. The average Bonchev–Trinajstić information content (AvgIpc) is 3.07. The van der Waals surface area contributed by atoms with Gasteiger partial charge in [-0.15, -0.1) is 0 Å². The molecule has 2 aromatic heterocycles. The van der Waals surface area contributed by atoms with E-state index in [1.807, 2.05) is 18.3 Å². The average molecular weight is 376 g/mol. The molecule has 2 aliphatic rings. The van der Waals surface area contributed by atoms with Crippen LogP contribution in [0.15, 0.2) is 36.5 Å². The number of nitrogens with two attached hydrogens (primary N) is 1. The predicted octanol–water partition coefficient (Wildman–Crippen LogP) is 3.21. The number of benzene rings is 1. The Morgan fingerprint density at radius 1 is 0.964 bits per heavy atom. The topological polar surface area (TPSA) is 49.8 Å². The standard InChI is InChI=1S/C23H29N5/c1-26-10-12-27(13-11-26)16-21-23(25-22-9-8-20(24)15-28(21)22)19-7-6-17-4-2-3-5-18(17)14-19/h6-9,14-15H,2-5,10-13,16,24H2,1H3. The van der Waals surface area contributed by atoms with Crippen LogP contribution in [0.4, 0.5) is 5.69 Å². The van der Waals surface area contributed by atoms with Crippen molar-refractivity contribution in [1.29, 1.82) is 0 Å². The van der Waals surface area contributed by atoms with Crippen molar-refractivity contribution < 1.29 is 0 Å². The molecule has 0 radical (unpaired) electrons. The van der Waals surface area contributed by atoms with Crippen LogP contribution in [-0.2, 0) is 19.4 Å². The van der Waals surface area contributed by atoms with Crippen molar-refractivity contribution >= 4 is 11.3 Å². The molecular weight excluding hydrogens is 346 g/mol. The molecule has 1 aliphatic carbocycles. The summed E-state index contributed by atoms with van der Waals surface area (Å²) in [5.41, 5.74) is 14.5. The van der Waals surface area contributed by atoms with Crippen LogP contribution in [0.2, 0.25) is 0 Å². The first-order valence-electron chi connectivity index (χ1n) is 10.5. The summed E-state index contributed by atoms with van der Waals surface area (Å²) in [4.78, 5) is 9.96. The smallest absolute Gasteiger partial charge is 0.137 e. The third-order valence-electron chi connectivity index (χ3n) is 6.33. The van der Waals surface area contributed by atoms with E-state index in [2.05, 4.69) is 39.4 Å². The fraction of sp³-hybridized carbons (Fsp3) is 0.435. The highest BCUT2D eigenvalue weighted by Gasteiger charge is 2.21. The number of anilines is 1. The Hall–Kier alpha value is -2.37. The monoisotopic (exact) mass is 375 g/mol. The van der Waals surface area contributed by atoms with Crippen LogP contribution in [0.3, 0.4) is 0 Å². The molecule has 28 heavy (non-hydrogen) atoms. The summed E-state index contributed by atoms with van der Waals surface area (Å²) in [6.07, 6.45) is 7.04. The second-order valence-electron chi connectivity index (χ2n) is 8.37. The summed E-state index contributed by atoms with van der Waals surface area (Å²) in [6.45, 7) is 5.33. The van der Waals surface area contributed by atoms with Crippen LogP contribution < -0.4 is 5.73 Å². The number of imidazole rings is 1. The Kier molecular flexibility index (Phi) is 4.57. The number of nitrogen functional groups attached to an aromatic ring is 1. The summed E-state index contributed by atoms with van der Waals surface area (Å²) in [5.74, 6) is 0. The molecule has 5 nitrogen and oxygen atoms in total. The Balaban J connectivity index is 1.58. The number of hydrogen-bond donors (Lipinski definition) is 1. The summed E-state index contributed by atoms with van der Waals surface area (Å²) in [6, 6.07) is 10.9. The number of likely N-dealkylation sites (N-methyl/N-ethyl adjacent to an activating group) is 1. The molecule has 1 aromatic carbocycles. The molecule has 0 atom stereocenters. The lowest BCUT2D eigenvalue weighted by Crippen LogP contribution is -2.44. The molecule has 3 heterocycles. The third-order valence-corrected chi connectivity index (χ3v) is 6.33. The number of fused-ring (bicyclic) bond motifs is 2. The molecule has 146 valence electrons. The quantitative estimate of drug-likeness (QED) is 0.764. The normalized spacial score (nSPS) is 18.5. The Bertz CT molecular complexity index is 998. The highest BCUT2D eigenvalue weighted by Crippen LogP contribution is 2.31. The minimum atomic E-state index is 0.779. The van der Waals surface area contributed by atoms with Crippen LogP contribution in [0.5, 0.6) is 0 Å². The number of hydrogen-bond acceptors (Lipinski definition) is 4. The van der Waals surface area contributed by atoms with Crippen molar-refractivity contribution in [1.82, 2.24) is 19.2 Å². The lowest BCUT2D eigenvalue weighted by atomic mass is 9.90. The van der Waals surface area contributed by atoms with Gasteiger partial charge in [-0.1, -0.05) is 12.1 Å². The first-order chi connectivity index (χ1) is 13.7. The van der Waals surface area contributed by atoms with Gasteiger partial charge in [-0.25, -0.2) is 4.98 Å². The summed E-state index contributed by atoms with van der Waals surface area (Å²) in [5, 5.41) is 0. The van der Waals surface area contributed by atoms with Crippen molar-refractivity contribution in [3.8, 4) is 11.3 Å². The zero-order valence-corrected chi connectivity index (χ0v) is 16.7. The Morgan fingerprint density at radius 3 is 2.57 bits per heavy atom. The lowest BCUT2D eigenvalue weighted by Gasteiger charge is -2.32.